The van der Waals surface area contributed by atoms with Crippen molar-refractivity contribution in [2.75, 3.05) is 6.61 Å². The molecule has 0 fully saturated rings. The van der Waals surface area contributed by atoms with E-state index in [1.807, 2.05) is 6.92 Å². The Labute approximate surface area is 123 Å². The third-order valence-corrected chi connectivity index (χ3v) is 4.08. The fraction of sp³-hybridized carbons (Fsp3) is 0.938. The maximum Gasteiger partial charge on any atom is 0.302 e. The summed E-state index contributed by atoms with van der Waals surface area (Å²) in [6.45, 7) is 10.2. The van der Waals surface area contributed by atoms with Gasteiger partial charge in [0.05, 0.1) is 12.7 Å². The Balaban J connectivity index is 4.20. The molecule has 0 saturated heterocycles. The Morgan fingerprint density at radius 1 is 1.25 bits per heavy atom. The molecule has 3 nitrogen and oxygen atoms in total. The lowest BCUT2D eigenvalue weighted by Gasteiger charge is -2.34. The normalized spacial score (nSPS) is 14.9. The van der Waals surface area contributed by atoms with Crippen molar-refractivity contribution in [3.8, 4) is 0 Å². The van der Waals surface area contributed by atoms with Gasteiger partial charge in [0, 0.05) is 6.92 Å². The van der Waals surface area contributed by atoms with Crippen molar-refractivity contribution >= 4 is 5.97 Å². The first-order chi connectivity index (χ1) is 9.33. The summed E-state index contributed by atoms with van der Waals surface area (Å²) < 4.78 is 17.0. The summed E-state index contributed by atoms with van der Waals surface area (Å²) in [6, 6.07) is 0. The van der Waals surface area contributed by atoms with Gasteiger partial charge in [0.25, 0.3) is 0 Å². The molecule has 0 N–H and O–H groups in total. The highest BCUT2D eigenvalue weighted by atomic mass is 19.3. The van der Waals surface area contributed by atoms with Crippen LogP contribution in [-0.2, 0) is 14.5 Å². The minimum Gasteiger partial charge on any atom is -0.463 e. The molecule has 0 bridgehead atoms. The SMILES string of the molecule is CCCC(CCOF)C(C)(C)CCCC(C)OC(C)=O. The highest BCUT2D eigenvalue weighted by molar-refractivity contribution is 5.66. The summed E-state index contributed by atoms with van der Waals surface area (Å²) in [5.41, 5.74) is 0.157. The lowest BCUT2D eigenvalue weighted by Crippen LogP contribution is -2.26. The predicted octanol–water partition coefficient (Wildman–Crippen LogP) is 4.84. The molecule has 0 rings (SSSR count). The van der Waals surface area contributed by atoms with Gasteiger partial charge in [0.1, 0.15) is 0 Å². The zero-order valence-electron chi connectivity index (χ0n) is 13.7. The molecule has 0 saturated carbocycles. The van der Waals surface area contributed by atoms with Gasteiger partial charge in [-0.05, 0) is 48.5 Å². The third kappa shape index (κ3) is 8.51. The van der Waals surface area contributed by atoms with Crippen LogP contribution in [0.4, 0.5) is 4.53 Å². The first-order valence-corrected chi connectivity index (χ1v) is 7.74. The number of rotatable bonds is 11. The van der Waals surface area contributed by atoms with E-state index in [0.717, 1.165) is 38.5 Å². The van der Waals surface area contributed by atoms with Crippen LogP contribution in [0, 0.1) is 11.3 Å². The van der Waals surface area contributed by atoms with Gasteiger partial charge in [-0.15, -0.1) is 0 Å². The van der Waals surface area contributed by atoms with Crippen LogP contribution in [0.5, 0.6) is 0 Å². The van der Waals surface area contributed by atoms with Gasteiger partial charge in [-0.1, -0.05) is 33.6 Å². The van der Waals surface area contributed by atoms with Crippen LogP contribution in [0.15, 0.2) is 0 Å². The quantitative estimate of drug-likeness (QED) is 0.511. The number of carbonyl (C=O) groups is 1. The molecule has 0 aromatic rings. The number of ether oxygens (including phenoxy) is 1. The Morgan fingerprint density at radius 3 is 2.40 bits per heavy atom. The van der Waals surface area contributed by atoms with Crippen molar-refractivity contribution in [3.05, 3.63) is 0 Å². The monoisotopic (exact) mass is 290 g/mol. The Hall–Kier alpha value is -0.640. The largest absolute Gasteiger partial charge is 0.463 e. The minimum atomic E-state index is -0.222. The average molecular weight is 290 g/mol. The third-order valence-electron chi connectivity index (χ3n) is 4.08. The molecule has 0 radical (unpaired) electrons. The Kier molecular flexibility index (Phi) is 9.82. The van der Waals surface area contributed by atoms with E-state index in [1.54, 1.807) is 0 Å². The van der Waals surface area contributed by atoms with Crippen molar-refractivity contribution < 1.29 is 19.0 Å². The second kappa shape index (κ2) is 10.1. The van der Waals surface area contributed by atoms with Crippen LogP contribution >= 0.6 is 0 Å². The van der Waals surface area contributed by atoms with Crippen LogP contribution in [0.2, 0.25) is 0 Å². The molecule has 0 aliphatic carbocycles. The van der Waals surface area contributed by atoms with Gasteiger partial charge < -0.3 is 4.74 Å². The van der Waals surface area contributed by atoms with E-state index in [4.69, 9.17) is 4.74 Å². The van der Waals surface area contributed by atoms with Crippen LogP contribution in [0.1, 0.15) is 73.1 Å². The molecule has 20 heavy (non-hydrogen) atoms. The molecule has 0 aliphatic heterocycles. The number of hydrogen-bond acceptors (Lipinski definition) is 3. The van der Waals surface area contributed by atoms with E-state index in [2.05, 4.69) is 25.7 Å². The van der Waals surface area contributed by atoms with Crippen LogP contribution < -0.4 is 0 Å². The zero-order chi connectivity index (χ0) is 15.6. The second-order valence-corrected chi connectivity index (χ2v) is 6.39. The molecule has 0 aromatic heterocycles. The number of halogens is 1. The number of hydrogen-bond donors (Lipinski definition) is 0. The Bertz CT molecular complexity index is 266. The molecule has 4 heteroatoms. The standard InChI is InChI=1S/C16H31FO3/c1-6-8-15(10-12-19-17)16(4,5)11-7-9-13(2)20-14(3)18/h13,15H,6-12H2,1-5H3. The van der Waals surface area contributed by atoms with E-state index < -0.39 is 0 Å². The molecular weight excluding hydrogens is 259 g/mol. The van der Waals surface area contributed by atoms with E-state index in [1.165, 1.54) is 6.92 Å². The molecule has 0 spiro atoms. The van der Waals surface area contributed by atoms with Crippen LogP contribution in [0.25, 0.3) is 0 Å². The second-order valence-electron chi connectivity index (χ2n) is 6.39. The molecule has 0 heterocycles. The molecular formula is C16H31FO3. The van der Waals surface area contributed by atoms with Crippen molar-refractivity contribution in [1.29, 1.82) is 0 Å². The average Bonchev–Trinajstić information content (AvgIpc) is 2.33. The van der Waals surface area contributed by atoms with E-state index in [-0.39, 0.29) is 24.1 Å². The smallest absolute Gasteiger partial charge is 0.302 e. The Morgan fingerprint density at radius 2 is 1.90 bits per heavy atom. The molecule has 0 aliphatic rings. The fourth-order valence-corrected chi connectivity index (χ4v) is 2.85. The van der Waals surface area contributed by atoms with E-state index in [9.17, 15) is 9.32 Å². The zero-order valence-corrected chi connectivity index (χ0v) is 13.7. The highest BCUT2D eigenvalue weighted by Crippen LogP contribution is 2.38. The molecule has 0 amide bonds. The van der Waals surface area contributed by atoms with Gasteiger partial charge in [-0.3, -0.25) is 4.79 Å². The maximum absolute atomic E-state index is 11.9. The molecule has 120 valence electrons. The summed E-state index contributed by atoms with van der Waals surface area (Å²) in [6.07, 6.45) is 5.87. The number of esters is 1. The molecule has 2 unspecified atom stereocenters. The van der Waals surface area contributed by atoms with Crippen molar-refractivity contribution in [2.24, 2.45) is 11.3 Å². The van der Waals surface area contributed by atoms with Gasteiger partial charge in [-0.25, -0.2) is 0 Å². The van der Waals surface area contributed by atoms with Crippen molar-refractivity contribution in [1.82, 2.24) is 0 Å². The summed E-state index contributed by atoms with van der Waals surface area (Å²) in [5.74, 6) is 0.244. The van der Waals surface area contributed by atoms with Crippen molar-refractivity contribution in [2.45, 2.75) is 79.2 Å². The molecule has 0 aromatic carbocycles. The number of carbonyl (C=O) groups excluding carboxylic acids is 1. The lowest BCUT2D eigenvalue weighted by molar-refractivity contribution is -0.145. The van der Waals surface area contributed by atoms with Gasteiger partial charge >= 0.3 is 5.97 Å². The predicted molar refractivity (Wildman–Crippen MR) is 78.9 cm³/mol. The van der Waals surface area contributed by atoms with Gasteiger partial charge in [0.2, 0.25) is 0 Å². The van der Waals surface area contributed by atoms with E-state index >= 15 is 0 Å². The summed E-state index contributed by atoms with van der Waals surface area (Å²) >= 11 is 0. The highest BCUT2D eigenvalue weighted by Gasteiger charge is 2.28. The van der Waals surface area contributed by atoms with Gasteiger partial charge in [0.15, 0.2) is 0 Å². The topological polar surface area (TPSA) is 35.5 Å². The summed E-state index contributed by atoms with van der Waals surface area (Å²) in [7, 11) is 0. The lowest BCUT2D eigenvalue weighted by atomic mass is 9.71. The maximum atomic E-state index is 11.9. The minimum absolute atomic E-state index is 0.0258. The van der Waals surface area contributed by atoms with Crippen LogP contribution in [0.3, 0.4) is 0 Å². The van der Waals surface area contributed by atoms with Gasteiger partial charge in [-0.2, -0.15) is 4.94 Å². The fourth-order valence-electron chi connectivity index (χ4n) is 2.85. The van der Waals surface area contributed by atoms with Crippen LogP contribution in [-0.4, -0.2) is 18.7 Å². The van der Waals surface area contributed by atoms with E-state index in [0.29, 0.717) is 5.92 Å². The van der Waals surface area contributed by atoms with Crippen molar-refractivity contribution in [3.63, 3.8) is 0 Å². The molecule has 2 atom stereocenters. The summed E-state index contributed by atoms with van der Waals surface area (Å²) in [4.78, 5) is 14.6. The first-order valence-electron chi connectivity index (χ1n) is 7.74. The first kappa shape index (κ1) is 19.4. The summed E-state index contributed by atoms with van der Waals surface area (Å²) in [5, 5.41) is 0.